The molecule has 2 rings (SSSR count). The van der Waals surface area contributed by atoms with Gasteiger partial charge in [0.1, 0.15) is 28.4 Å². The Bertz CT molecular complexity index is 685. The molecular formula is C14H10FNO4. The van der Waals surface area contributed by atoms with Gasteiger partial charge in [0.25, 0.3) is 5.91 Å². The van der Waals surface area contributed by atoms with Gasteiger partial charge in [-0.3, -0.25) is 4.79 Å². The normalized spacial score (nSPS) is 10.1. The molecular weight excluding hydrogens is 265 g/mol. The van der Waals surface area contributed by atoms with Crippen molar-refractivity contribution < 1.29 is 23.8 Å². The van der Waals surface area contributed by atoms with Crippen molar-refractivity contribution in [2.75, 3.05) is 0 Å². The molecule has 20 heavy (non-hydrogen) atoms. The Labute approximate surface area is 113 Å². The van der Waals surface area contributed by atoms with Crippen LogP contribution in [0.25, 0.3) is 0 Å². The molecule has 0 aromatic heterocycles. The lowest BCUT2D eigenvalue weighted by molar-refractivity contribution is 0.0694. The van der Waals surface area contributed by atoms with Gasteiger partial charge in [-0.15, -0.1) is 0 Å². The third-order valence-electron chi connectivity index (χ3n) is 2.56. The van der Waals surface area contributed by atoms with Gasteiger partial charge in [-0.05, 0) is 24.3 Å². The summed E-state index contributed by atoms with van der Waals surface area (Å²) in [7, 11) is 0. The van der Waals surface area contributed by atoms with Crippen LogP contribution in [0, 0.1) is 5.82 Å². The number of halogens is 1. The Morgan fingerprint density at radius 1 is 1.05 bits per heavy atom. The molecule has 0 bridgehead atoms. The van der Waals surface area contributed by atoms with Crippen LogP contribution in [0.4, 0.5) is 4.39 Å². The Hall–Kier alpha value is -2.89. The van der Waals surface area contributed by atoms with Crippen molar-refractivity contribution in [2.45, 2.75) is 0 Å². The number of primary amides is 1. The second-order valence-corrected chi connectivity index (χ2v) is 3.88. The van der Waals surface area contributed by atoms with E-state index in [9.17, 15) is 14.0 Å². The van der Waals surface area contributed by atoms with E-state index in [1.54, 1.807) is 6.07 Å². The topological polar surface area (TPSA) is 89.6 Å². The summed E-state index contributed by atoms with van der Waals surface area (Å²) < 4.78 is 18.9. The number of hydrogen-bond acceptors (Lipinski definition) is 3. The second-order valence-electron chi connectivity index (χ2n) is 3.88. The van der Waals surface area contributed by atoms with Crippen molar-refractivity contribution in [1.29, 1.82) is 0 Å². The third kappa shape index (κ3) is 2.59. The standard InChI is InChI=1S/C14H10FNO4/c15-9-5-3-7-11(12(9)13(16)17)20-10-6-2-1-4-8(10)14(18)19/h1-7H,(H2,16,17)(H,18,19). The maximum Gasteiger partial charge on any atom is 0.339 e. The predicted octanol–water partition coefficient (Wildman–Crippen LogP) is 2.42. The van der Waals surface area contributed by atoms with Gasteiger partial charge >= 0.3 is 5.97 Å². The highest BCUT2D eigenvalue weighted by molar-refractivity contribution is 5.96. The van der Waals surface area contributed by atoms with Gasteiger partial charge in [0.2, 0.25) is 0 Å². The number of carbonyl (C=O) groups excluding carboxylic acids is 1. The molecule has 5 nitrogen and oxygen atoms in total. The van der Waals surface area contributed by atoms with E-state index in [1.807, 2.05) is 0 Å². The summed E-state index contributed by atoms with van der Waals surface area (Å²) in [5.41, 5.74) is 4.56. The lowest BCUT2D eigenvalue weighted by Gasteiger charge is -2.11. The number of para-hydroxylation sites is 1. The third-order valence-corrected chi connectivity index (χ3v) is 2.56. The van der Waals surface area contributed by atoms with Gasteiger partial charge in [0.15, 0.2) is 0 Å². The number of nitrogens with two attached hydrogens (primary N) is 1. The number of aromatic carboxylic acids is 1. The first-order chi connectivity index (χ1) is 9.50. The number of rotatable bonds is 4. The van der Waals surface area contributed by atoms with E-state index < -0.39 is 23.3 Å². The average Bonchev–Trinajstić information content (AvgIpc) is 2.38. The maximum atomic E-state index is 13.6. The molecule has 2 aromatic carbocycles. The van der Waals surface area contributed by atoms with Crippen LogP contribution < -0.4 is 10.5 Å². The zero-order chi connectivity index (χ0) is 14.7. The van der Waals surface area contributed by atoms with Crippen molar-refractivity contribution in [1.82, 2.24) is 0 Å². The highest BCUT2D eigenvalue weighted by atomic mass is 19.1. The van der Waals surface area contributed by atoms with Crippen molar-refractivity contribution in [3.8, 4) is 11.5 Å². The molecule has 0 aliphatic carbocycles. The maximum absolute atomic E-state index is 13.6. The Kier molecular flexibility index (Phi) is 3.65. The second kappa shape index (κ2) is 5.40. The van der Waals surface area contributed by atoms with Crippen molar-refractivity contribution >= 4 is 11.9 Å². The van der Waals surface area contributed by atoms with E-state index in [4.69, 9.17) is 15.6 Å². The minimum absolute atomic E-state index is 0.00639. The lowest BCUT2D eigenvalue weighted by atomic mass is 10.1. The van der Waals surface area contributed by atoms with Crippen LogP contribution >= 0.6 is 0 Å². The smallest absolute Gasteiger partial charge is 0.339 e. The van der Waals surface area contributed by atoms with Crippen molar-refractivity contribution in [2.24, 2.45) is 5.73 Å². The van der Waals surface area contributed by atoms with Crippen LogP contribution in [0.3, 0.4) is 0 Å². The minimum Gasteiger partial charge on any atom is -0.478 e. The number of carboxylic acid groups (broad SMARTS) is 1. The fourth-order valence-corrected chi connectivity index (χ4v) is 1.68. The van der Waals surface area contributed by atoms with Crippen LogP contribution in [0.5, 0.6) is 11.5 Å². The first kappa shape index (κ1) is 13.5. The van der Waals surface area contributed by atoms with E-state index in [0.717, 1.165) is 6.07 Å². The van der Waals surface area contributed by atoms with Gasteiger partial charge in [-0.25, -0.2) is 9.18 Å². The Morgan fingerprint density at radius 2 is 1.70 bits per heavy atom. The molecule has 0 radical (unpaired) electrons. The molecule has 0 aliphatic heterocycles. The number of carboxylic acids is 1. The first-order valence-electron chi connectivity index (χ1n) is 5.59. The highest BCUT2D eigenvalue weighted by Gasteiger charge is 2.18. The number of ether oxygens (including phenoxy) is 1. The molecule has 2 aromatic rings. The summed E-state index contributed by atoms with van der Waals surface area (Å²) in [6.07, 6.45) is 0. The average molecular weight is 275 g/mol. The molecule has 0 unspecified atom stereocenters. The molecule has 6 heteroatoms. The van der Waals surface area contributed by atoms with Crippen LogP contribution in [0.1, 0.15) is 20.7 Å². The first-order valence-corrected chi connectivity index (χ1v) is 5.59. The molecule has 102 valence electrons. The molecule has 0 spiro atoms. The molecule has 0 fully saturated rings. The number of amides is 1. The van der Waals surface area contributed by atoms with Crippen LogP contribution in [0.15, 0.2) is 42.5 Å². The van der Waals surface area contributed by atoms with Crippen LogP contribution in [-0.2, 0) is 0 Å². The van der Waals surface area contributed by atoms with E-state index in [1.165, 1.54) is 30.3 Å². The summed E-state index contributed by atoms with van der Waals surface area (Å²) in [4.78, 5) is 22.3. The zero-order valence-electron chi connectivity index (χ0n) is 10.2. The van der Waals surface area contributed by atoms with Crippen molar-refractivity contribution in [3.05, 3.63) is 59.4 Å². The molecule has 0 atom stereocenters. The van der Waals surface area contributed by atoms with Gasteiger partial charge in [-0.1, -0.05) is 18.2 Å². The van der Waals surface area contributed by atoms with Gasteiger partial charge in [-0.2, -0.15) is 0 Å². The molecule has 0 saturated carbocycles. The molecule has 0 saturated heterocycles. The van der Waals surface area contributed by atoms with E-state index >= 15 is 0 Å². The van der Waals surface area contributed by atoms with Gasteiger partial charge in [0, 0.05) is 0 Å². The predicted molar refractivity (Wildman–Crippen MR) is 68.4 cm³/mol. The lowest BCUT2D eigenvalue weighted by Crippen LogP contribution is -2.14. The monoisotopic (exact) mass is 275 g/mol. The molecule has 0 aliphatic rings. The Balaban J connectivity index is 2.49. The van der Waals surface area contributed by atoms with E-state index in [0.29, 0.717) is 0 Å². The molecule has 3 N–H and O–H groups in total. The highest BCUT2D eigenvalue weighted by Crippen LogP contribution is 2.29. The summed E-state index contributed by atoms with van der Waals surface area (Å²) in [6, 6.07) is 9.56. The zero-order valence-corrected chi connectivity index (χ0v) is 10.2. The number of benzene rings is 2. The largest absolute Gasteiger partial charge is 0.478 e. The summed E-state index contributed by atoms with van der Waals surface area (Å²) in [5.74, 6) is -3.16. The van der Waals surface area contributed by atoms with Crippen LogP contribution in [0.2, 0.25) is 0 Å². The number of hydrogen-bond donors (Lipinski definition) is 2. The Morgan fingerprint density at radius 3 is 2.35 bits per heavy atom. The fourth-order valence-electron chi connectivity index (χ4n) is 1.68. The quantitative estimate of drug-likeness (QED) is 0.896. The van der Waals surface area contributed by atoms with Crippen LogP contribution in [-0.4, -0.2) is 17.0 Å². The summed E-state index contributed by atoms with van der Waals surface area (Å²) in [5, 5.41) is 9.03. The van der Waals surface area contributed by atoms with Gasteiger partial charge < -0.3 is 15.6 Å². The summed E-state index contributed by atoms with van der Waals surface area (Å²) in [6.45, 7) is 0. The van der Waals surface area contributed by atoms with E-state index in [-0.39, 0.29) is 17.1 Å². The van der Waals surface area contributed by atoms with E-state index in [2.05, 4.69) is 0 Å². The van der Waals surface area contributed by atoms with Gasteiger partial charge in [0.05, 0.1) is 0 Å². The fraction of sp³-hybridized carbons (Fsp3) is 0. The summed E-state index contributed by atoms with van der Waals surface area (Å²) >= 11 is 0. The SMILES string of the molecule is NC(=O)c1c(F)cccc1Oc1ccccc1C(=O)O. The number of carbonyl (C=O) groups is 2. The molecule has 0 heterocycles. The molecule has 1 amide bonds. The minimum atomic E-state index is -1.20. The van der Waals surface area contributed by atoms with Crippen molar-refractivity contribution in [3.63, 3.8) is 0 Å².